The summed E-state index contributed by atoms with van der Waals surface area (Å²) in [6, 6.07) is 19.8. The molecule has 0 fully saturated rings. The molecule has 0 amide bonds. The highest BCUT2D eigenvalue weighted by Crippen LogP contribution is 2.26. The number of benzene rings is 2. The number of aromatic nitrogens is 1. The van der Waals surface area contributed by atoms with Crippen molar-refractivity contribution in [3.05, 3.63) is 65.7 Å². The van der Waals surface area contributed by atoms with Crippen LogP contribution < -0.4 is 4.57 Å². The van der Waals surface area contributed by atoms with Crippen LogP contribution in [0.2, 0.25) is 0 Å². The average molecular weight is 276 g/mol. The van der Waals surface area contributed by atoms with Gasteiger partial charge in [0.15, 0.2) is 0 Å². The third-order valence-corrected chi connectivity index (χ3v) is 4.28. The second kappa shape index (κ2) is 5.33. The van der Waals surface area contributed by atoms with Crippen molar-refractivity contribution in [2.45, 2.75) is 26.7 Å². The van der Waals surface area contributed by atoms with E-state index >= 15 is 0 Å². The number of para-hydroxylation sites is 1. The SMILES string of the molecule is Cc1ccc(C(C)C)cc1-c1ccc2ccccc2[n+]1C. The van der Waals surface area contributed by atoms with Crippen molar-refractivity contribution in [1.82, 2.24) is 0 Å². The van der Waals surface area contributed by atoms with Crippen LogP contribution in [-0.4, -0.2) is 0 Å². The van der Waals surface area contributed by atoms with Crippen LogP contribution in [-0.2, 0) is 7.05 Å². The Morgan fingerprint density at radius 2 is 1.67 bits per heavy atom. The van der Waals surface area contributed by atoms with Crippen molar-refractivity contribution in [3.63, 3.8) is 0 Å². The molecule has 0 unspecified atom stereocenters. The van der Waals surface area contributed by atoms with Gasteiger partial charge in [-0.1, -0.05) is 38.1 Å². The third-order valence-electron chi connectivity index (χ3n) is 4.28. The van der Waals surface area contributed by atoms with Crippen LogP contribution in [0.1, 0.15) is 30.9 Å². The molecule has 1 nitrogen and oxygen atoms in total. The molecule has 0 spiro atoms. The van der Waals surface area contributed by atoms with Gasteiger partial charge in [0.05, 0.1) is 0 Å². The minimum atomic E-state index is 0.551. The summed E-state index contributed by atoms with van der Waals surface area (Å²) < 4.78 is 2.29. The molecule has 0 bridgehead atoms. The van der Waals surface area contributed by atoms with Crippen molar-refractivity contribution in [3.8, 4) is 11.3 Å². The number of fused-ring (bicyclic) bond motifs is 1. The van der Waals surface area contributed by atoms with Gasteiger partial charge in [-0.15, -0.1) is 0 Å². The maximum atomic E-state index is 2.34. The summed E-state index contributed by atoms with van der Waals surface area (Å²) in [5, 5.41) is 1.28. The molecule has 0 radical (unpaired) electrons. The third kappa shape index (κ3) is 2.44. The normalized spacial score (nSPS) is 11.3. The summed E-state index contributed by atoms with van der Waals surface area (Å²) in [6.45, 7) is 6.68. The van der Waals surface area contributed by atoms with Crippen LogP contribution in [0, 0.1) is 6.92 Å². The first-order valence-electron chi connectivity index (χ1n) is 7.56. The molecule has 0 N–H and O–H groups in total. The van der Waals surface area contributed by atoms with Gasteiger partial charge in [-0.2, -0.15) is 4.57 Å². The van der Waals surface area contributed by atoms with Gasteiger partial charge in [0, 0.05) is 23.1 Å². The molecule has 0 aliphatic heterocycles. The first-order chi connectivity index (χ1) is 10.1. The Labute approximate surface area is 126 Å². The van der Waals surface area contributed by atoms with Crippen LogP contribution in [0.15, 0.2) is 54.6 Å². The molecule has 0 aliphatic carbocycles. The van der Waals surface area contributed by atoms with E-state index in [1.165, 1.54) is 33.3 Å². The summed E-state index contributed by atoms with van der Waals surface area (Å²) in [7, 11) is 2.15. The Morgan fingerprint density at radius 3 is 2.43 bits per heavy atom. The van der Waals surface area contributed by atoms with Gasteiger partial charge >= 0.3 is 0 Å². The van der Waals surface area contributed by atoms with E-state index in [1.807, 2.05) is 0 Å². The number of aryl methyl sites for hydroxylation is 2. The highest BCUT2D eigenvalue weighted by Gasteiger charge is 2.16. The van der Waals surface area contributed by atoms with Crippen molar-refractivity contribution in [2.75, 3.05) is 0 Å². The van der Waals surface area contributed by atoms with E-state index in [-0.39, 0.29) is 0 Å². The standard InChI is InChI=1S/C20H22N/c1-14(2)17-10-9-15(3)18(13-17)20-12-11-16-7-5-6-8-19(16)21(20)4/h5-14H,1-4H3/q+1. The first-order valence-corrected chi connectivity index (χ1v) is 7.56. The highest BCUT2D eigenvalue weighted by atomic mass is 14.9. The molecule has 0 atom stereocenters. The van der Waals surface area contributed by atoms with E-state index in [4.69, 9.17) is 0 Å². The van der Waals surface area contributed by atoms with Crippen LogP contribution in [0.5, 0.6) is 0 Å². The molecule has 0 saturated carbocycles. The molecular weight excluding hydrogens is 254 g/mol. The first kappa shape index (κ1) is 13.8. The molecular formula is C20H22N+. The predicted molar refractivity (Wildman–Crippen MR) is 89.4 cm³/mol. The molecule has 3 aromatic rings. The maximum absolute atomic E-state index is 2.34. The molecule has 0 aliphatic rings. The molecule has 3 rings (SSSR count). The lowest BCUT2D eigenvalue weighted by Crippen LogP contribution is -2.32. The molecule has 21 heavy (non-hydrogen) atoms. The lowest BCUT2D eigenvalue weighted by Gasteiger charge is -2.11. The Bertz CT molecular complexity index is 800. The Balaban J connectivity index is 2.25. The molecule has 1 aromatic heterocycles. The van der Waals surface area contributed by atoms with Crippen molar-refractivity contribution in [2.24, 2.45) is 7.05 Å². The summed E-state index contributed by atoms with van der Waals surface area (Å²) in [5.74, 6) is 0.551. The van der Waals surface area contributed by atoms with Crippen LogP contribution in [0.25, 0.3) is 22.2 Å². The summed E-state index contributed by atoms with van der Waals surface area (Å²) in [6.07, 6.45) is 0. The van der Waals surface area contributed by atoms with Crippen LogP contribution in [0.3, 0.4) is 0 Å². The number of rotatable bonds is 2. The van der Waals surface area contributed by atoms with Gasteiger partial charge in [0.1, 0.15) is 7.05 Å². The lowest BCUT2D eigenvalue weighted by molar-refractivity contribution is -0.633. The van der Waals surface area contributed by atoms with Crippen molar-refractivity contribution in [1.29, 1.82) is 0 Å². The zero-order chi connectivity index (χ0) is 15.0. The van der Waals surface area contributed by atoms with Gasteiger partial charge in [0.2, 0.25) is 11.2 Å². The monoisotopic (exact) mass is 276 g/mol. The fourth-order valence-electron chi connectivity index (χ4n) is 2.89. The molecule has 1 heterocycles. The summed E-state index contributed by atoms with van der Waals surface area (Å²) in [4.78, 5) is 0. The van der Waals surface area contributed by atoms with E-state index < -0.39 is 0 Å². The number of pyridine rings is 1. The zero-order valence-electron chi connectivity index (χ0n) is 13.2. The molecule has 2 aromatic carbocycles. The highest BCUT2D eigenvalue weighted by molar-refractivity contribution is 5.77. The van der Waals surface area contributed by atoms with E-state index in [2.05, 4.69) is 87.0 Å². The second-order valence-electron chi connectivity index (χ2n) is 6.07. The quantitative estimate of drug-likeness (QED) is 0.594. The van der Waals surface area contributed by atoms with Gasteiger partial charge in [0.25, 0.3) is 0 Å². The minimum absolute atomic E-state index is 0.551. The minimum Gasteiger partial charge on any atom is -0.194 e. The predicted octanol–water partition coefficient (Wildman–Crippen LogP) is 4.76. The Morgan fingerprint density at radius 1 is 0.905 bits per heavy atom. The fraction of sp³-hybridized carbons (Fsp3) is 0.250. The van der Waals surface area contributed by atoms with E-state index in [1.54, 1.807) is 0 Å². The topological polar surface area (TPSA) is 3.88 Å². The molecule has 106 valence electrons. The Hall–Kier alpha value is -2.15. The van der Waals surface area contributed by atoms with Crippen LogP contribution >= 0.6 is 0 Å². The largest absolute Gasteiger partial charge is 0.213 e. The van der Waals surface area contributed by atoms with Gasteiger partial charge < -0.3 is 0 Å². The van der Waals surface area contributed by atoms with Gasteiger partial charge in [-0.3, -0.25) is 0 Å². The van der Waals surface area contributed by atoms with E-state index in [0.29, 0.717) is 5.92 Å². The number of hydrogen-bond acceptors (Lipinski definition) is 0. The summed E-state index contributed by atoms with van der Waals surface area (Å²) in [5.41, 5.74) is 6.58. The van der Waals surface area contributed by atoms with Crippen molar-refractivity contribution >= 4 is 10.9 Å². The average Bonchev–Trinajstić information content (AvgIpc) is 2.49. The number of nitrogens with zero attached hydrogens (tertiary/aromatic N) is 1. The van der Waals surface area contributed by atoms with Gasteiger partial charge in [-0.05, 0) is 42.2 Å². The fourth-order valence-corrected chi connectivity index (χ4v) is 2.89. The lowest BCUT2D eigenvalue weighted by atomic mass is 9.95. The number of hydrogen-bond donors (Lipinski definition) is 0. The second-order valence-corrected chi connectivity index (χ2v) is 6.07. The van der Waals surface area contributed by atoms with E-state index in [0.717, 1.165) is 0 Å². The van der Waals surface area contributed by atoms with E-state index in [9.17, 15) is 0 Å². The molecule has 0 saturated heterocycles. The Kier molecular flexibility index (Phi) is 3.50. The van der Waals surface area contributed by atoms with Crippen molar-refractivity contribution < 1.29 is 4.57 Å². The maximum Gasteiger partial charge on any atom is 0.213 e. The van der Waals surface area contributed by atoms with Crippen LogP contribution in [0.4, 0.5) is 0 Å². The van der Waals surface area contributed by atoms with Gasteiger partial charge in [-0.25, -0.2) is 0 Å². The summed E-state index contributed by atoms with van der Waals surface area (Å²) >= 11 is 0. The zero-order valence-corrected chi connectivity index (χ0v) is 13.2. The molecule has 1 heteroatoms. The smallest absolute Gasteiger partial charge is 0.194 e.